The third-order valence-electron chi connectivity index (χ3n) is 7.96. The molecule has 2 heterocycles. The molecule has 0 N–H and O–H groups in total. The van der Waals surface area contributed by atoms with Gasteiger partial charge in [-0.2, -0.15) is 0 Å². The lowest BCUT2D eigenvalue weighted by Crippen LogP contribution is -2.21. The molecule has 1 aliphatic carbocycles. The van der Waals surface area contributed by atoms with Crippen LogP contribution in [0.2, 0.25) is 0 Å². The van der Waals surface area contributed by atoms with Gasteiger partial charge in [0, 0.05) is 28.6 Å². The first-order valence-corrected chi connectivity index (χ1v) is 14.5. The van der Waals surface area contributed by atoms with Gasteiger partial charge in [0.25, 0.3) is 0 Å². The molecule has 0 aliphatic heterocycles. The van der Waals surface area contributed by atoms with Crippen LogP contribution in [0.1, 0.15) is 36.5 Å². The van der Waals surface area contributed by atoms with E-state index in [0.717, 1.165) is 55.7 Å². The minimum atomic E-state index is 0.0324. The highest BCUT2D eigenvalue weighted by Gasteiger charge is 2.19. The van der Waals surface area contributed by atoms with Crippen LogP contribution in [-0.2, 0) is 0 Å². The fraction of sp³-hybridized carbons (Fsp3) is 0.0769. The van der Waals surface area contributed by atoms with Crippen LogP contribution in [-0.4, -0.2) is 19.9 Å². The van der Waals surface area contributed by atoms with Crippen molar-refractivity contribution in [1.82, 2.24) is 19.9 Å². The molecule has 1 atom stereocenters. The number of allylic oxidation sites excluding steroid dienone is 6. The van der Waals surface area contributed by atoms with Gasteiger partial charge in [0.1, 0.15) is 5.82 Å². The molecule has 0 fully saturated rings. The zero-order valence-electron chi connectivity index (χ0n) is 24.0. The Morgan fingerprint density at radius 3 is 2.49 bits per heavy atom. The molecule has 0 radical (unpaired) electrons. The third-order valence-corrected chi connectivity index (χ3v) is 7.96. The van der Waals surface area contributed by atoms with Gasteiger partial charge in [0.05, 0.1) is 5.52 Å². The molecule has 0 spiro atoms. The van der Waals surface area contributed by atoms with Crippen LogP contribution in [0.4, 0.5) is 0 Å². The van der Waals surface area contributed by atoms with Gasteiger partial charge in [-0.15, -0.1) is 0 Å². The number of pyridine rings is 1. The Kier molecular flexibility index (Phi) is 7.02. The van der Waals surface area contributed by atoms with Gasteiger partial charge in [-0.3, -0.25) is 4.98 Å². The standard InChI is InChI=1S/C39H30N4/c1-26-9-3-4-10-28(26)17-16-27(2)37-41-38(43-39(42-37)34-23-18-29-11-5-6-12-33(29)25-34)32-21-19-30(20-22-32)35-15-7-13-31-14-8-24-40-36(31)35/h3-21,23-25,32H,1,22H2,2H3/b27-16+,28-17-. The number of nitrogens with zero attached hydrogens (tertiary/aromatic N) is 4. The van der Waals surface area contributed by atoms with Gasteiger partial charge in [0.15, 0.2) is 11.6 Å². The molecule has 2 aromatic heterocycles. The summed E-state index contributed by atoms with van der Waals surface area (Å²) in [4.78, 5) is 19.7. The van der Waals surface area contributed by atoms with E-state index in [1.54, 1.807) is 0 Å². The van der Waals surface area contributed by atoms with E-state index in [4.69, 9.17) is 15.0 Å². The second kappa shape index (κ2) is 11.4. The number of para-hydroxylation sites is 1. The normalized spacial score (nSPS) is 15.7. The monoisotopic (exact) mass is 554 g/mol. The minimum absolute atomic E-state index is 0.0324. The van der Waals surface area contributed by atoms with Crippen molar-refractivity contribution in [1.29, 1.82) is 0 Å². The van der Waals surface area contributed by atoms with Crippen LogP contribution in [0, 0.1) is 0 Å². The van der Waals surface area contributed by atoms with Crippen molar-refractivity contribution in [3.05, 3.63) is 155 Å². The van der Waals surface area contributed by atoms with Crippen LogP contribution in [0.15, 0.2) is 128 Å². The topological polar surface area (TPSA) is 51.6 Å². The maximum Gasteiger partial charge on any atom is 0.163 e. The number of hydrogen-bond acceptors (Lipinski definition) is 4. The molecule has 4 nitrogen and oxygen atoms in total. The summed E-state index contributed by atoms with van der Waals surface area (Å²) in [6.45, 7) is 6.20. The average Bonchev–Trinajstić information content (AvgIpc) is 3.07. The van der Waals surface area contributed by atoms with Crippen molar-refractivity contribution in [2.75, 3.05) is 0 Å². The molecule has 0 saturated heterocycles. The molecule has 7 rings (SSSR count). The summed E-state index contributed by atoms with van der Waals surface area (Å²) in [5.74, 6) is 2.15. The summed E-state index contributed by atoms with van der Waals surface area (Å²) in [7, 11) is 0. The molecule has 4 heteroatoms. The summed E-state index contributed by atoms with van der Waals surface area (Å²) < 4.78 is 0. The van der Waals surface area contributed by atoms with Crippen molar-refractivity contribution in [2.45, 2.75) is 19.3 Å². The summed E-state index contributed by atoms with van der Waals surface area (Å²) in [5.41, 5.74) is 5.26. The highest BCUT2D eigenvalue weighted by Crippen LogP contribution is 2.33. The van der Waals surface area contributed by atoms with E-state index in [9.17, 15) is 0 Å². The predicted molar refractivity (Wildman–Crippen MR) is 178 cm³/mol. The van der Waals surface area contributed by atoms with Gasteiger partial charge in [-0.25, -0.2) is 15.0 Å². The first-order valence-electron chi connectivity index (χ1n) is 14.5. The molecular weight excluding hydrogens is 524 g/mol. The van der Waals surface area contributed by atoms with Gasteiger partial charge >= 0.3 is 0 Å². The molecule has 43 heavy (non-hydrogen) atoms. The number of fused-ring (bicyclic) bond motifs is 2. The van der Waals surface area contributed by atoms with Crippen LogP contribution in [0.3, 0.4) is 0 Å². The molecule has 6 aromatic rings. The van der Waals surface area contributed by atoms with E-state index in [2.05, 4.69) is 115 Å². The smallest absolute Gasteiger partial charge is 0.163 e. The van der Waals surface area contributed by atoms with Crippen molar-refractivity contribution in [3.63, 3.8) is 0 Å². The van der Waals surface area contributed by atoms with Crippen molar-refractivity contribution >= 4 is 45.5 Å². The summed E-state index contributed by atoms with van der Waals surface area (Å²) in [6, 6.07) is 33.2. The summed E-state index contributed by atoms with van der Waals surface area (Å²) in [6.07, 6.45) is 13.4. The van der Waals surface area contributed by atoms with Crippen LogP contribution < -0.4 is 10.4 Å². The first kappa shape index (κ1) is 26.4. The highest BCUT2D eigenvalue weighted by molar-refractivity contribution is 5.93. The number of benzene rings is 4. The molecule has 0 amide bonds. The quantitative estimate of drug-likeness (QED) is 0.220. The first-order chi connectivity index (χ1) is 21.1. The largest absolute Gasteiger partial charge is 0.256 e. The van der Waals surface area contributed by atoms with Gasteiger partial charge in [-0.1, -0.05) is 122 Å². The number of hydrogen-bond donors (Lipinski definition) is 0. The SMILES string of the molecule is C=c1cccc/c1=C/C=C(\C)c1nc(-c2ccc3ccccc3c2)nc(C2C=CC(c3cccc4cccnc34)=CC2)n1. The molecule has 0 saturated carbocycles. The van der Waals surface area contributed by atoms with Crippen LogP contribution in [0.5, 0.6) is 0 Å². The van der Waals surface area contributed by atoms with E-state index in [1.165, 1.54) is 11.0 Å². The van der Waals surface area contributed by atoms with Crippen molar-refractivity contribution in [2.24, 2.45) is 0 Å². The van der Waals surface area contributed by atoms with Gasteiger partial charge in [0.2, 0.25) is 0 Å². The minimum Gasteiger partial charge on any atom is -0.256 e. The fourth-order valence-electron chi connectivity index (χ4n) is 5.53. The Hall–Kier alpha value is -5.48. The van der Waals surface area contributed by atoms with E-state index in [1.807, 2.05) is 37.4 Å². The lowest BCUT2D eigenvalue weighted by Gasteiger charge is -2.17. The zero-order chi connectivity index (χ0) is 29.2. The molecule has 1 unspecified atom stereocenters. The third kappa shape index (κ3) is 5.43. The second-order valence-electron chi connectivity index (χ2n) is 10.9. The van der Waals surface area contributed by atoms with E-state index >= 15 is 0 Å². The maximum absolute atomic E-state index is 5.03. The number of rotatable bonds is 5. The lowest BCUT2D eigenvalue weighted by atomic mass is 9.91. The fourth-order valence-corrected chi connectivity index (χ4v) is 5.53. The zero-order valence-corrected chi connectivity index (χ0v) is 24.0. The Bertz CT molecular complexity index is 2200. The second-order valence-corrected chi connectivity index (χ2v) is 10.9. The Morgan fingerprint density at radius 1 is 0.814 bits per heavy atom. The molecule has 1 aliphatic rings. The van der Waals surface area contributed by atoms with Crippen LogP contribution >= 0.6 is 0 Å². The maximum atomic E-state index is 5.03. The van der Waals surface area contributed by atoms with Crippen LogP contribution in [0.25, 0.3) is 56.9 Å². The van der Waals surface area contributed by atoms with Gasteiger partial charge in [-0.05, 0) is 57.8 Å². The van der Waals surface area contributed by atoms with Crippen molar-refractivity contribution < 1.29 is 0 Å². The van der Waals surface area contributed by atoms with E-state index in [-0.39, 0.29) is 5.92 Å². The van der Waals surface area contributed by atoms with E-state index < -0.39 is 0 Å². The predicted octanol–water partition coefficient (Wildman–Crippen LogP) is 7.66. The average molecular weight is 555 g/mol. The Morgan fingerprint density at radius 2 is 1.63 bits per heavy atom. The lowest BCUT2D eigenvalue weighted by molar-refractivity contribution is 0.758. The Labute approximate surface area is 250 Å². The van der Waals surface area contributed by atoms with Crippen molar-refractivity contribution in [3.8, 4) is 11.4 Å². The molecule has 0 bridgehead atoms. The molecule has 206 valence electrons. The molecule has 4 aromatic carbocycles. The van der Waals surface area contributed by atoms with Gasteiger partial charge < -0.3 is 0 Å². The molecular formula is C39H30N4. The summed E-state index contributed by atoms with van der Waals surface area (Å²) >= 11 is 0. The summed E-state index contributed by atoms with van der Waals surface area (Å²) in [5, 5.41) is 5.54. The Balaban J connectivity index is 1.28. The number of aromatic nitrogens is 4. The van der Waals surface area contributed by atoms with E-state index in [0.29, 0.717) is 11.6 Å². The highest BCUT2D eigenvalue weighted by atomic mass is 15.0.